The lowest BCUT2D eigenvalue weighted by atomic mass is 10.0. The van der Waals surface area contributed by atoms with Crippen LogP contribution in [0.5, 0.6) is 5.75 Å². The monoisotopic (exact) mass is 494 g/mol. The third-order valence-electron chi connectivity index (χ3n) is 5.23. The molecule has 3 rings (SSSR count). The molecule has 6 heteroatoms. The molecule has 32 heavy (non-hydrogen) atoms. The van der Waals surface area contributed by atoms with Crippen LogP contribution in [0.3, 0.4) is 0 Å². The molecule has 3 aromatic rings. The zero-order chi connectivity index (χ0) is 22.9. The van der Waals surface area contributed by atoms with Crippen molar-refractivity contribution in [2.75, 3.05) is 13.7 Å². The van der Waals surface area contributed by atoms with Crippen molar-refractivity contribution in [3.8, 4) is 5.75 Å². The number of aryl methyl sites for hydroxylation is 1. The molecule has 2 amide bonds. The zero-order valence-corrected chi connectivity index (χ0v) is 19.8. The molecule has 3 aromatic carbocycles. The summed E-state index contributed by atoms with van der Waals surface area (Å²) < 4.78 is 6.77. The van der Waals surface area contributed by atoms with Crippen molar-refractivity contribution in [2.24, 2.45) is 0 Å². The zero-order valence-electron chi connectivity index (χ0n) is 18.3. The molecule has 0 saturated carbocycles. The van der Waals surface area contributed by atoms with E-state index in [4.69, 9.17) is 4.74 Å². The summed E-state index contributed by atoms with van der Waals surface area (Å²) in [6, 6.07) is 24.3. The summed E-state index contributed by atoms with van der Waals surface area (Å²) in [6.07, 6.45) is 0.410. The number of amides is 2. The fourth-order valence-corrected chi connectivity index (χ4v) is 3.71. The Hall–Kier alpha value is -3.12. The van der Waals surface area contributed by atoms with E-state index >= 15 is 0 Å². The molecule has 1 atom stereocenters. The van der Waals surface area contributed by atoms with Crippen LogP contribution in [0.15, 0.2) is 83.3 Å². The number of halogens is 1. The first-order chi connectivity index (χ1) is 15.5. The van der Waals surface area contributed by atoms with Gasteiger partial charge in [-0.15, -0.1) is 0 Å². The highest BCUT2D eigenvalue weighted by atomic mass is 79.9. The average molecular weight is 495 g/mol. The highest BCUT2D eigenvalue weighted by Crippen LogP contribution is 2.19. The summed E-state index contributed by atoms with van der Waals surface area (Å²) in [5.74, 6) is 0.194. The molecule has 0 aromatic heterocycles. The van der Waals surface area contributed by atoms with Crippen molar-refractivity contribution in [1.82, 2.24) is 10.2 Å². The number of carbonyl (C=O) groups excluding carboxylic acids is 2. The van der Waals surface area contributed by atoms with Crippen LogP contribution in [-0.2, 0) is 22.6 Å². The molecule has 0 radical (unpaired) electrons. The summed E-state index contributed by atoms with van der Waals surface area (Å²) >= 11 is 3.44. The summed E-state index contributed by atoms with van der Waals surface area (Å²) in [5, 5.41) is 2.72. The van der Waals surface area contributed by atoms with Crippen LogP contribution < -0.4 is 10.1 Å². The second kappa shape index (κ2) is 11.5. The van der Waals surface area contributed by atoms with Gasteiger partial charge in [0.15, 0.2) is 6.61 Å². The third kappa shape index (κ3) is 6.44. The number of benzene rings is 3. The Kier molecular flexibility index (Phi) is 8.45. The molecule has 0 heterocycles. The lowest BCUT2D eigenvalue weighted by molar-refractivity contribution is -0.142. The summed E-state index contributed by atoms with van der Waals surface area (Å²) in [4.78, 5) is 27.8. The smallest absolute Gasteiger partial charge is 0.261 e. The van der Waals surface area contributed by atoms with E-state index in [-0.39, 0.29) is 18.4 Å². The minimum Gasteiger partial charge on any atom is -0.484 e. The standard InChI is InChI=1S/C26H27BrN2O3/c1-19-8-6-7-11-24(19)32-18-25(30)29(17-21-12-14-22(27)15-13-21)23(26(31)28-2)16-20-9-4-3-5-10-20/h3-15,23H,16-18H2,1-2H3,(H,28,31)/t23-/m1/s1. The van der Waals surface area contributed by atoms with Crippen LogP contribution in [-0.4, -0.2) is 36.4 Å². The van der Waals surface area contributed by atoms with E-state index in [0.717, 1.165) is 21.2 Å². The van der Waals surface area contributed by atoms with Crippen LogP contribution >= 0.6 is 15.9 Å². The minimum absolute atomic E-state index is 0.149. The Morgan fingerprint density at radius 1 is 0.938 bits per heavy atom. The van der Waals surface area contributed by atoms with Gasteiger partial charge in [0.1, 0.15) is 11.8 Å². The van der Waals surface area contributed by atoms with E-state index in [1.54, 1.807) is 11.9 Å². The van der Waals surface area contributed by atoms with Crippen molar-refractivity contribution >= 4 is 27.7 Å². The number of para-hydroxylation sites is 1. The van der Waals surface area contributed by atoms with Crippen LogP contribution in [0.1, 0.15) is 16.7 Å². The Balaban J connectivity index is 1.87. The third-order valence-corrected chi connectivity index (χ3v) is 5.76. The van der Waals surface area contributed by atoms with Crippen LogP contribution in [0, 0.1) is 6.92 Å². The first kappa shape index (κ1) is 23.5. The Labute approximate surface area is 197 Å². The first-order valence-corrected chi connectivity index (χ1v) is 11.2. The molecule has 0 spiro atoms. The van der Waals surface area contributed by atoms with Crippen molar-refractivity contribution in [3.63, 3.8) is 0 Å². The summed E-state index contributed by atoms with van der Waals surface area (Å²) in [6.45, 7) is 2.08. The topological polar surface area (TPSA) is 58.6 Å². The van der Waals surface area contributed by atoms with Crippen molar-refractivity contribution in [1.29, 1.82) is 0 Å². The summed E-state index contributed by atoms with van der Waals surface area (Å²) in [5.41, 5.74) is 2.86. The van der Waals surface area contributed by atoms with Crippen LogP contribution in [0.2, 0.25) is 0 Å². The molecule has 0 bridgehead atoms. The number of hydrogen-bond acceptors (Lipinski definition) is 3. The van der Waals surface area contributed by atoms with Gasteiger partial charge in [-0.05, 0) is 41.8 Å². The summed E-state index contributed by atoms with van der Waals surface area (Å²) in [7, 11) is 1.59. The Bertz CT molecular complexity index is 1040. The molecule has 0 saturated heterocycles. The molecule has 1 N–H and O–H groups in total. The van der Waals surface area contributed by atoms with Gasteiger partial charge in [-0.1, -0.05) is 76.6 Å². The number of carbonyl (C=O) groups is 2. The van der Waals surface area contributed by atoms with E-state index in [0.29, 0.717) is 18.7 Å². The van der Waals surface area contributed by atoms with Gasteiger partial charge in [0.25, 0.3) is 5.91 Å². The van der Waals surface area contributed by atoms with Crippen molar-refractivity contribution in [2.45, 2.75) is 25.9 Å². The van der Waals surface area contributed by atoms with E-state index in [1.165, 1.54) is 0 Å². The average Bonchev–Trinajstić information content (AvgIpc) is 2.82. The van der Waals surface area contributed by atoms with E-state index in [2.05, 4.69) is 21.2 Å². The van der Waals surface area contributed by atoms with Gasteiger partial charge in [0.05, 0.1) is 0 Å². The van der Waals surface area contributed by atoms with Gasteiger partial charge in [0.2, 0.25) is 5.91 Å². The lowest BCUT2D eigenvalue weighted by Crippen LogP contribution is -2.51. The number of rotatable bonds is 9. The number of ether oxygens (including phenoxy) is 1. The molecule has 0 aliphatic carbocycles. The molecule has 0 unspecified atom stereocenters. The van der Waals surface area contributed by atoms with Gasteiger partial charge in [0, 0.05) is 24.5 Å². The lowest BCUT2D eigenvalue weighted by Gasteiger charge is -2.31. The molecule has 0 aliphatic heterocycles. The number of hydrogen-bond donors (Lipinski definition) is 1. The number of likely N-dealkylation sites (N-methyl/N-ethyl adjacent to an activating group) is 1. The molecular formula is C26H27BrN2O3. The highest BCUT2D eigenvalue weighted by Gasteiger charge is 2.30. The molecule has 5 nitrogen and oxygen atoms in total. The SMILES string of the molecule is CNC(=O)[C@@H](Cc1ccccc1)N(Cc1ccc(Br)cc1)C(=O)COc1ccccc1C. The Morgan fingerprint density at radius 3 is 2.25 bits per heavy atom. The highest BCUT2D eigenvalue weighted by molar-refractivity contribution is 9.10. The molecule has 0 aliphatic rings. The normalized spacial score (nSPS) is 11.5. The fraction of sp³-hybridized carbons (Fsp3) is 0.231. The van der Waals surface area contributed by atoms with E-state index in [9.17, 15) is 9.59 Å². The second-order valence-corrected chi connectivity index (χ2v) is 8.44. The van der Waals surface area contributed by atoms with Crippen LogP contribution in [0.4, 0.5) is 0 Å². The predicted molar refractivity (Wildman–Crippen MR) is 129 cm³/mol. The number of nitrogens with one attached hydrogen (secondary N) is 1. The predicted octanol–water partition coefficient (Wildman–Crippen LogP) is 4.52. The maximum atomic E-state index is 13.4. The second-order valence-electron chi connectivity index (χ2n) is 7.52. The van der Waals surface area contributed by atoms with E-state index in [1.807, 2.05) is 85.8 Å². The van der Waals surface area contributed by atoms with Crippen LogP contribution in [0.25, 0.3) is 0 Å². The van der Waals surface area contributed by atoms with Gasteiger partial charge < -0.3 is 15.0 Å². The number of nitrogens with zero attached hydrogens (tertiary/aromatic N) is 1. The first-order valence-electron chi connectivity index (χ1n) is 10.5. The molecule has 0 fully saturated rings. The quantitative estimate of drug-likeness (QED) is 0.475. The fourth-order valence-electron chi connectivity index (χ4n) is 3.45. The Morgan fingerprint density at radius 2 is 1.59 bits per heavy atom. The van der Waals surface area contributed by atoms with Gasteiger partial charge in [-0.25, -0.2) is 0 Å². The largest absolute Gasteiger partial charge is 0.484 e. The van der Waals surface area contributed by atoms with E-state index < -0.39 is 6.04 Å². The van der Waals surface area contributed by atoms with Gasteiger partial charge in [-0.3, -0.25) is 9.59 Å². The molecular weight excluding hydrogens is 468 g/mol. The maximum absolute atomic E-state index is 13.4. The van der Waals surface area contributed by atoms with Crippen molar-refractivity contribution < 1.29 is 14.3 Å². The molecule has 166 valence electrons. The van der Waals surface area contributed by atoms with Gasteiger partial charge in [-0.2, -0.15) is 0 Å². The van der Waals surface area contributed by atoms with Gasteiger partial charge >= 0.3 is 0 Å². The maximum Gasteiger partial charge on any atom is 0.261 e. The minimum atomic E-state index is -0.668. The van der Waals surface area contributed by atoms with Crippen molar-refractivity contribution in [3.05, 3.63) is 100 Å².